The smallest absolute Gasteiger partial charge is 0.409 e. The lowest BCUT2D eigenvalue weighted by Crippen LogP contribution is -2.54. The number of guanidine groups is 1. The molecule has 10 heteroatoms. The number of aromatic nitrogens is 3. The maximum absolute atomic E-state index is 11.8. The van der Waals surface area contributed by atoms with Crippen LogP contribution in [0.1, 0.15) is 19.2 Å². The third-order valence-electron chi connectivity index (χ3n) is 4.56. The zero-order valence-corrected chi connectivity index (χ0v) is 18.7. The third-order valence-corrected chi connectivity index (χ3v) is 4.56. The van der Waals surface area contributed by atoms with Gasteiger partial charge >= 0.3 is 6.09 Å². The summed E-state index contributed by atoms with van der Waals surface area (Å²) in [6, 6.07) is 5.89. The number of fused-ring (bicyclic) bond motifs is 1. The first-order valence-corrected chi connectivity index (χ1v) is 9.39. The first-order chi connectivity index (χ1) is 13.2. The Morgan fingerprint density at radius 2 is 1.96 bits per heavy atom. The monoisotopic (exact) mass is 501 g/mol. The Hall–Kier alpha value is -2.11. The number of aryl methyl sites for hydroxylation is 1. The molecule has 1 aliphatic heterocycles. The SMILES string of the molecule is CCOC(=O)N1CCN(C(=NC)NCCCc2nnc3ccccn23)CC1.I. The molecule has 154 valence electrons. The molecule has 0 radical (unpaired) electrons. The van der Waals surface area contributed by atoms with Crippen LogP contribution >= 0.6 is 24.0 Å². The first kappa shape index (κ1) is 22.2. The molecule has 0 aromatic carbocycles. The average Bonchev–Trinajstić information content (AvgIpc) is 3.12. The molecule has 0 saturated carbocycles. The summed E-state index contributed by atoms with van der Waals surface area (Å²) in [4.78, 5) is 20.1. The number of hydrogen-bond acceptors (Lipinski definition) is 5. The minimum Gasteiger partial charge on any atom is -0.450 e. The van der Waals surface area contributed by atoms with Crippen molar-refractivity contribution in [1.29, 1.82) is 0 Å². The fourth-order valence-electron chi connectivity index (χ4n) is 3.16. The van der Waals surface area contributed by atoms with E-state index in [2.05, 4.69) is 25.4 Å². The van der Waals surface area contributed by atoms with E-state index in [0.717, 1.165) is 49.9 Å². The number of carbonyl (C=O) groups is 1. The molecule has 0 spiro atoms. The number of rotatable bonds is 5. The van der Waals surface area contributed by atoms with Crippen molar-refractivity contribution in [3.05, 3.63) is 30.2 Å². The number of hydrogen-bond donors (Lipinski definition) is 1. The van der Waals surface area contributed by atoms with Gasteiger partial charge in [-0.15, -0.1) is 34.2 Å². The second-order valence-corrected chi connectivity index (χ2v) is 6.30. The van der Waals surface area contributed by atoms with E-state index in [9.17, 15) is 4.79 Å². The number of amides is 1. The summed E-state index contributed by atoms with van der Waals surface area (Å²) in [6.07, 6.45) is 3.52. The van der Waals surface area contributed by atoms with Crippen molar-refractivity contribution in [2.75, 3.05) is 46.4 Å². The van der Waals surface area contributed by atoms with Crippen molar-refractivity contribution in [2.24, 2.45) is 4.99 Å². The molecule has 0 unspecified atom stereocenters. The standard InChI is InChI=1S/C18H27N7O2.HI/c1-3-27-18(26)24-13-11-23(12-14-24)17(19-2)20-9-6-8-16-22-21-15-7-4-5-10-25(15)16;/h4-5,7,10H,3,6,8-9,11-14H2,1-2H3,(H,19,20);1H. The van der Waals surface area contributed by atoms with Crippen LogP contribution < -0.4 is 5.32 Å². The number of nitrogens with zero attached hydrogens (tertiary/aromatic N) is 6. The average molecular weight is 501 g/mol. The van der Waals surface area contributed by atoms with Crippen LogP contribution in [0.15, 0.2) is 29.4 Å². The van der Waals surface area contributed by atoms with Crippen LogP contribution in [-0.2, 0) is 11.2 Å². The highest BCUT2D eigenvalue weighted by atomic mass is 127. The second-order valence-electron chi connectivity index (χ2n) is 6.30. The molecule has 0 aliphatic carbocycles. The fraction of sp³-hybridized carbons (Fsp3) is 0.556. The molecule has 2 aromatic rings. The van der Waals surface area contributed by atoms with Crippen molar-refractivity contribution in [3.8, 4) is 0 Å². The van der Waals surface area contributed by atoms with Gasteiger partial charge < -0.3 is 19.9 Å². The molecule has 1 fully saturated rings. The largest absolute Gasteiger partial charge is 0.450 e. The van der Waals surface area contributed by atoms with Crippen LogP contribution in [0, 0.1) is 0 Å². The summed E-state index contributed by atoms with van der Waals surface area (Å²) in [5, 5.41) is 11.8. The van der Waals surface area contributed by atoms with Gasteiger partial charge in [0.1, 0.15) is 5.82 Å². The Balaban J connectivity index is 0.00000280. The van der Waals surface area contributed by atoms with Gasteiger partial charge in [-0.1, -0.05) is 6.07 Å². The maximum atomic E-state index is 11.8. The van der Waals surface area contributed by atoms with Gasteiger partial charge in [-0.3, -0.25) is 9.39 Å². The lowest BCUT2D eigenvalue weighted by Gasteiger charge is -2.35. The Labute approximate surface area is 182 Å². The van der Waals surface area contributed by atoms with Gasteiger partial charge in [-0.05, 0) is 25.5 Å². The van der Waals surface area contributed by atoms with Crippen LogP contribution in [-0.4, -0.2) is 82.8 Å². The fourth-order valence-corrected chi connectivity index (χ4v) is 3.16. The number of halogens is 1. The number of piperazine rings is 1. The Kier molecular flexibility index (Phi) is 8.74. The molecular formula is C18H28IN7O2. The van der Waals surface area contributed by atoms with E-state index in [-0.39, 0.29) is 30.1 Å². The second kappa shape index (κ2) is 11.0. The van der Waals surface area contributed by atoms with E-state index < -0.39 is 0 Å². The molecule has 1 N–H and O–H groups in total. The summed E-state index contributed by atoms with van der Waals surface area (Å²) in [6.45, 7) is 5.80. The van der Waals surface area contributed by atoms with E-state index in [1.54, 1.807) is 11.9 Å². The summed E-state index contributed by atoms with van der Waals surface area (Å²) < 4.78 is 7.08. The lowest BCUT2D eigenvalue weighted by atomic mass is 10.3. The molecule has 1 amide bonds. The maximum Gasteiger partial charge on any atom is 0.409 e. The summed E-state index contributed by atoms with van der Waals surface area (Å²) in [7, 11) is 1.78. The van der Waals surface area contributed by atoms with Crippen molar-refractivity contribution in [2.45, 2.75) is 19.8 Å². The van der Waals surface area contributed by atoms with Gasteiger partial charge in [0, 0.05) is 52.4 Å². The summed E-state index contributed by atoms with van der Waals surface area (Å²) in [5.74, 6) is 1.83. The van der Waals surface area contributed by atoms with Gasteiger partial charge in [-0.25, -0.2) is 4.79 Å². The predicted molar refractivity (Wildman–Crippen MR) is 118 cm³/mol. The van der Waals surface area contributed by atoms with Crippen LogP contribution in [0.25, 0.3) is 5.65 Å². The van der Waals surface area contributed by atoms with Gasteiger partial charge in [0.15, 0.2) is 11.6 Å². The number of carbonyl (C=O) groups excluding carboxylic acids is 1. The van der Waals surface area contributed by atoms with Gasteiger partial charge in [0.05, 0.1) is 6.61 Å². The van der Waals surface area contributed by atoms with E-state index in [1.165, 1.54) is 0 Å². The Morgan fingerprint density at radius 1 is 1.21 bits per heavy atom. The van der Waals surface area contributed by atoms with Crippen LogP contribution in [0.5, 0.6) is 0 Å². The normalized spacial score (nSPS) is 14.7. The Morgan fingerprint density at radius 3 is 2.68 bits per heavy atom. The first-order valence-electron chi connectivity index (χ1n) is 9.39. The van der Waals surface area contributed by atoms with Crippen LogP contribution in [0.2, 0.25) is 0 Å². The summed E-state index contributed by atoms with van der Waals surface area (Å²) in [5.41, 5.74) is 0.871. The molecule has 0 bridgehead atoms. The topological polar surface area (TPSA) is 87.4 Å². The number of ether oxygens (including phenoxy) is 1. The van der Waals surface area contributed by atoms with Crippen LogP contribution in [0.4, 0.5) is 4.79 Å². The van der Waals surface area contributed by atoms with E-state index in [4.69, 9.17) is 4.74 Å². The predicted octanol–water partition coefficient (Wildman–Crippen LogP) is 1.63. The molecule has 9 nitrogen and oxygen atoms in total. The minimum atomic E-state index is -0.236. The molecule has 1 aliphatic rings. The number of nitrogens with one attached hydrogen (secondary N) is 1. The summed E-state index contributed by atoms with van der Waals surface area (Å²) >= 11 is 0. The lowest BCUT2D eigenvalue weighted by molar-refractivity contribution is 0.0914. The van der Waals surface area contributed by atoms with Gasteiger partial charge in [-0.2, -0.15) is 0 Å². The zero-order chi connectivity index (χ0) is 19.1. The zero-order valence-electron chi connectivity index (χ0n) is 16.4. The van der Waals surface area contributed by atoms with E-state index >= 15 is 0 Å². The molecular weight excluding hydrogens is 473 g/mol. The van der Waals surface area contributed by atoms with Crippen molar-refractivity contribution < 1.29 is 9.53 Å². The molecule has 0 atom stereocenters. The highest BCUT2D eigenvalue weighted by Crippen LogP contribution is 2.06. The van der Waals surface area contributed by atoms with Crippen LogP contribution in [0.3, 0.4) is 0 Å². The van der Waals surface area contributed by atoms with Gasteiger partial charge in [0.2, 0.25) is 0 Å². The minimum absolute atomic E-state index is 0. The van der Waals surface area contributed by atoms with Gasteiger partial charge in [0.25, 0.3) is 0 Å². The van der Waals surface area contributed by atoms with Crippen molar-refractivity contribution in [1.82, 2.24) is 29.7 Å². The number of pyridine rings is 1. The molecule has 3 heterocycles. The number of aliphatic imine (C=N–C) groups is 1. The third kappa shape index (κ3) is 5.46. The van der Waals surface area contributed by atoms with E-state index in [0.29, 0.717) is 19.7 Å². The molecule has 2 aromatic heterocycles. The highest BCUT2D eigenvalue weighted by molar-refractivity contribution is 14.0. The Bertz CT molecular complexity index is 787. The van der Waals surface area contributed by atoms with Crippen molar-refractivity contribution in [3.63, 3.8) is 0 Å². The molecule has 1 saturated heterocycles. The van der Waals surface area contributed by atoms with E-state index in [1.807, 2.05) is 35.7 Å². The quantitative estimate of drug-likeness (QED) is 0.290. The molecule has 3 rings (SSSR count). The highest BCUT2D eigenvalue weighted by Gasteiger charge is 2.23. The molecule has 28 heavy (non-hydrogen) atoms. The van der Waals surface area contributed by atoms with Crippen molar-refractivity contribution >= 4 is 41.7 Å².